The van der Waals surface area contributed by atoms with Gasteiger partial charge in [0.15, 0.2) is 0 Å². The second kappa shape index (κ2) is 12.0. The van der Waals surface area contributed by atoms with Crippen LogP contribution < -0.4 is 10.6 Å². The number of hydrogen-bond donors (Lipinski definition) is 2. The fourth-order valence-corrected chi connectivity index (χ4v) is 2.00. The molecule has 1 unspecified atom stereocenters. The van der Waals surface area contributed by atoms with Crippen LogP contribution in [0.5, 0.6) is 0 Å². The lowest BCUT2D eigenvalue weighted by Crippen LogP contribution is -2.32. The number of halogens is 1. The van der Waals surface area contributed by atoms with Gasteiger partial charge in [0, 0.05) is 13.0 Å². The van der Waals surface area contributed by atoms with Gasteiger partial charge in [-0.1, -0.05) is 30.3 Å². The van der Waals surface area contributed by atoms with E-state index >= 15 is 0 Å². The fourth-order valence-electron chi connectivity index (χ4n) is 2.00. The number of carbonyl (C=O) groups is 2. The summed E-state index contributed by atoms with van der Waals surface area (Å²) >= 11 is 0. The Kier molecular flexibility index (Phi) is 11.1. The first-order chi connectivity index (χ1) is 10.2. The van der Waals surface area contributed by atoms with E-state index in [1.54, 1.807) is 6.92 Å². The van der Waals surface area contributed by atoms with Crippen molar-refractivity contribution in [2.45, 2.75) is 25.7 Å². The van der Waals surface area contributed by atoms with Gasteiger partial charge in [0.25, 0.3) is 0 Å². The van der Waals surface area contributed by atoms with E-state index < -0.39 is 5.92 Å². The van der Waals surface area contributed by atoms with Crippen molar-refractivity contribution in [3.8, 4) is 0 Å². The van der Waals surface area contributed by atoms with Crippen LogP contribution in [0, 0.1) is 0 Å². The molecule has 0 aromatic heterocycles. The highest BCUT2D eigenvalue weighted by molar-refractivity contribution is 5.85. The van der Waals surface area contributed by atoms with Crippen molar-refractivity contribution in [3.05, 3.63) is 35.9 Å². The molecule has 1 aromatic rings. The molecule has 22 heavy (non-hydrogen) atoms. The van der Waals surface area contributed by atoms with Gasteiger partial charge in [-0.25, -0.2) is 0 Å². The first-order valence-electron chi connectivity index (χ1n) is 7.32. The average Bonchev–Trinajstić information content (AvgIpc) is 2.49. The molecule has 0 radical (unpaired) electrons. The molecular formula is C16H25ClN2O3. The van der Waals surface area contributed by atoms with Crippen LogP contribution in [-0.2, 0) is 14.3 Å². The van der Waals surface area contributed by atoms with E-state index in [4.69, 9.17) is 4.74 Å². The highest BCUT2D eigenvalue weighted by atomic mass is 35.5. The molecule has 0 saturated carbocycles. The Balaban J connectivity index is 0.00000441. The number of ether oxygens (including phenoxy) is 1. The third-order valence-corrected chi connectivity index (χ3v) is 3.11. The zero-order chi connectivity index (χ0) is 15.5. The van der Waals surface area contributed by atoms with Crippen LogP contribution in [0.15, 0.2) is 30.3 Å². The van der Waals surface area contributed by atoms with Crippen molar-refractivity contribution < 1.29 is 14.3 Å². The summed E-state index contributed by atoms with van der Waals surface area (Å²) in [5.41, 5.74) is 0.853. The summed E-state index contributed by atoms with van der Waals surface area (Å²) in [6.45, 7) is 3.17. The van der Waals surface area contributed by atoms with Crippen molar-refractivity contribution in [1.82, 2.24) is 10.6 Å². The van der Waals surface area contributed by atoms with Crippen LogP contribution in [0.1, 0.15) is 31.2 Å². The van der Waals surface area contributed by atoms with Gasteiger partial charge in [-0.15, -0.1) is 12.4 Å². The smallest absolute Gasteiger partial charge is 0.315 e. The quantitative estimate of drug-likeness (QED) is 0.536. The number of esters is 1. The Bertz CT molecular complexity index is 440. The van der Waals surface area contributed by atoms with Gasteiger partial charge in [-0.2, -0.15) is 0 Å². The standard InChI is InChI=1S/C16H24N2O3.ClH/c1-3-21-16(20)14(13-8-5-4-6-9-13)12-18-15(19)10-7-11-17-2;/h4-6,8-9,14,17H,3,7,10-12H2,1-2H3,(H,18,19);1H. The minimum atomic E-state index is -0.459. The maximum absolute atomic E-state index is 12.0. The van der Waals surface area contributed by atoms with Crippen LogP contribution in [0.3, 0.4) is 0 Å². The Morgan fingerprint density at radius 1 is 1.23 bits per heavy atom. The minimum Gasteiger partial charge on any atom is -0.465 e. The summed E-state index contributed by atoms with van der Waals surface area (Å²) < 4.78 is 5.09. The first kappa shape index (κ1) is 20.4. The number of benzene rings is 1. The Morgan fingerprint density at radius 2 is 1.91 bits per heavy atom. The number of carbonyl (C=O) groups excluding carboxylic acids is 2. The number of hydrogen-bond acceptors (Lipinski definition) is 4. The van der Waals surface area contributed by atoms with Crippen LogP contribution in [-0.4, -0.2) is 38.6 Å². The maximum Gasteiger partial charge on any atom is 0.315 e. The highest BCUT2D eigenvalue weighted by Gasteiger charge is 2.22. The van der Waals surface area contributed by atoms with Crippen molar-refractivity contribution >= 4 is 24.3 Å². The van der Waals surface area contributed by atoms with Gasteiger partial charge in [0.1, 0.15) is 0 Å². The molecule has 0 heterocycles. The average molecular weight is 329 g/mol. The number of amides is 1. The summed E-state index contributed by atoms with van der Waals surface area (Å²) in [7, 11) is 1.85. The maximum atomic E-state index is 12.0. The van der Waals surface area contributed by atoms with E-state index in [0.717, 1.165) is 18.5 Å². The molecule has 1 amide bonds. The molecule has 0 aliphatic carbocycles. The molecule has 0 aliphatic rings. The molecule has 0 spiro atoms. The molecular weight excluding hydrogens is 304 g/mol. The monoisotopic (exact) mass is 328 g/mol. The number of rotatable bonds is 9. The molecule has 6 heteroatoms. The summed E-state index contributed by atoms with van der Waals surface area (Å²) in [4.78, 5) is 23.8. The lowest BCUT2D eigenvalue weighted by molar-refractivity contribution is -0.144. The zero-order valence-electron chi connectivity index (χ0n) is 13.1. The van der Waals surface area contributed by atoms with Gasteiger partial charge in [-0.3, -0.25) is 9.59 Å². The van der Waals surface area contributed by atoms with Crippen molar-refractivity contribution in [2.75, 3.05) is 26.7 Å². The third kappa shape index (κ3) is 7.43. The van der Waals surface area contributed by atoms with Crippen molar-refractivity contribution in [1.29, 1.82) is 0 Å². The second-order valence-electron chi connectivity index (χ2n) is 4.73. The first-order valence-corrected chi connectivity index (χ1v) is 7.32. The third-order valence-electron chi connectivity index (χ3n) is 3.11. The Morgan fingerprint density at radius 3 is 2.50 bits per heavy atom. The molecule has 5 nitrogen and oxygen atoms in total. The molecule has 0 aliphatic heterocycles. The van der Waals surface area contributed by atoms with Crippen molar-refractivity contribution in [2.24, 2.45) is 0 Å². The van der Waals surface area contributed by atoms with Gasteiger partial charge in [0.05, 0.1) is 12.5 Å². The molecule has 0 saturated heterocycles. The largest absolute Gasteiger partial charge is 0.465 e. The molecule has 0 fully saturated rings. The molecule has 124 valence electrons. The Labute approximate surface area is 138 Å². The fraction of sp³-hybridized carbons (Fsp3) is 0.500. The summed E-state index contributed by atoms with van der Waals surface area (Å²) in [6, 6.07) is 9.37. The van der Waals surface area contributed by atoms with E-state index in [9.17, 15) is 9.59 Å². The molecule has 0 bridgehead atoms. The highest BCUT2D eigenvalue weighted by Crippen LogP contribution is 2.16. The van der Waals surface area contributed by atoms with Crippen molar-refractivity contribution in [3.63, 3.8) is 0 Å². The predicted octanol–water partition coefficient (Wildman–Crippen LogP) is 1.87. The SMILES string of the molecule is CCOC(=O)C(CNC(=O)CCCNC)c1ccccc1.Cl. The van der Waals surface area contributed by atoms with Crippen LogP contribution in [0.4, 0.5) is 0 Å². The predicted molar refractivity (Wildman–Crippen MR) is 89.2 cm³/mol. The van der Waals surface area contributed by atoms with Crippen LogP contribution in [0.2, 0.25) is 0 Å². The lowest BCUT2D eigenvalue weighted by atomic mass is 9.99. The topological polar surface area (TPSA) is 67.4 Å². The second-order valence-corrected chi connectivity index (χ2v) is 4.73. The Hall–Kier alpha value is -1.59. The molecule has 1 rings (SSSR count). The number of nitrogens with one attached hydrogen (secondary N) is 2. The minimum absolute atomic E-state index is 0. The lowest BCUT2D eigenvalue weighted by Gasteiger charge is -2.16. The van der Waals surface area contributed by atoms with Crippen LogP contribution in [0.25, 0.3) is 0 Å². The van der Waals surface area contributed by atoms with E-state index in [1.807, 2.05) is 37.4 Å². The summed E-state index contributed by atoms with van der Waals surface area (Å²) in [5, 5.41) is 5.81. The van der Waals surface area contributed by atoms with E-state index in [2.05, 4.69) is 10.6 Å². The van der Waals surface area contributed by atoms with Gasteiger partial charge >= 0.3 is 5.97 Å². The zero-order valence-corrected chi connectivity index (χ0v) is 13.9. The van der Waals surface area contributed by atoms with Gasteiger partial charge in [-0.05, 0) is 32.5 Å². The summed E-state index contributed by atoms with van der Waals surface area (Å²) in [6.07, 6.45) is 1.23. The van der Waals surface area contributed by atoms with E-state index in [-0.39, 0.29) is 30.8 Å². The summed E-state index contributed by atoms with van der Waals surface area (Å²) in [5.74, 6) is -0.811. The molecule has 2 N–H and O–H groups in total. The van der Waals surface area contributed by atoms with E-state index in [1.165, 1.54) is 0 Å². The van der Waals surface area contributed by atoms with Gasteiger partial charge in [0.2, 0.25) is 5.91 Å². The molecule has 1 atom stereocenters. The van der Waals surface area contributed by atoms with E-state index in [0.29, 0.717) is 13.0 Å². The van der Waals surface area contributed by atoms with Gasteiger partial charge < -0.3 is 15.4 Å². The normalized spacial score (nSPS) is 11.2. The molecule has 1 aromatic carbocycles. The van der Waals surface area contributed by atoms with Crippen LogP contribution >= 0.6 is 12.4 Å².